The van der Waals surface area contributed by atoms with Crippen LogP contribution in [0.15, 0.2) is 42.5 Å². The van der Waals surface area contributed by atoms with Crippen molar-refractivity contribution in [3.8, 4) is 16.9 Å². The standard InChI is InChI=1S/C15H11F3O2/c1-20-14-8-12(15(16,17)18)6-7-13(14)11-4-2-10(9-19)3-5-11/h2-9H,1H3. The Labute approximate surface area is 113 Å². The second-order valence-corrected chi connectivity index (χ2v) is 4.15. The molecule has 20 heavy (non-hydrogen) atoms. The minimum absolute atomic E-state index is 0.138. The minimum atomic E-state index is -4.41. The van der Waals surface area contributed by atoms with E-state index in [9.17, 15) is 18.0 Å². The van der Waals surface area contributed by atoms with Crippen LogP contribution in [0.5, 0.6) is 5.75 Å². The van der Waals surface area contributed by atoms with Crippen LogP contribution in [0.4, 0.5) is 13.2 Å². The Hall–Kier alpha value is -2.30. The molecule has 2 nitrogen and oxygen atoms in total. The number of carbonyl (C=O) groups is 1. The highest BCUT2D eigenvalue weighted by molar-refractivity contribution is 5.78. The third-order valence-corrected chi connectivity index (χ3v) is 2.89. The number of benzene rings is 2. The quantitative estimate of drug-likeness (QED) is 0.788. The summed E-state index contributed by atoms with van der Waals surface area (Å²) in [5.41, 5.74) is 0.960. The van der Waals surface area contributed by atoms with Gasteiger partial charge in [-0.15, -0.1) is 0 Å². The molecule has 2 rings (SSSR count). The monoisotopic (exact) mass is 280 g/mol. The van der Waals surface area contributed by atoms with Gasteiger partial charge in [-0.1, -0.05) is 30.3 Å². The van der Waals surface area contributed by atoms with E-state index < -0.39 is 11.7 Å². The van der Waals surface area contributed by atoms with Crippen LogP contribution in [-0.2, 0) is 6.18 Å². The predicted octanol–water partition coefficient (Wildman–Crippen LogP) is 4.19. The number of carbonyl (C=O) groups excluding carboxylic acids is 1. The number of methoxy groups -OCH3 is 1. The zero-order valence-corrected chi connectivity index (χ0v) is 10.6. The molecule has 2 aromatic carbocycles. The second kappa shape index (κ2) is 5.36. The molecule has 0 fully saturated rings. The summed E-state index contributed by atoms with van der Waals surface area (Å²) in [6, 6.07) is 9.84. The smallest absolute Gasteiger partial charge is 0.416 e. The highest BCUT2D eigenvalue weighted by atomic mass is 19.4. The van der Waals surface area contributed by atoms with E-state index in [2.05, 4.69) is 0 Å². The number of aldehydes is 1. The fourth-order valence-corrected chi connectivity index (χ4v) is 1.85. The first-order valence-corrected chi connectivity index (χ1v) is 5.76. The zero-order valence-electron chi connectivity index (χ0n) is 10.6. The lowest BCUT2D eigenvalue weighted by Crippen LogP contribution is -2.05. The van der Waals surface area contributed by atoms with Gasteiger partial charge in [0, 0.05) is 11.1 Å². The molecular weight excluding hydrogens is 269 g/mol. The molecule has 0 amide bonds. The molecule has 0 aromatic heterocycles. The van der Waals surface area contributed by atoms with Gasteiger partial charge in [0.1, 0.15) is 12.0 Å². The van der Waals surface area contributed by atoms with E-state index in [1.165, 1.54) is 13.2 Å². The van der Waals surface area contributed by atoms with Crippen molar-refractivity contribution in [2.24, 2.45) is 0 Å². The maximum Gasteiger partial charge on any atom is 0.416 e. The molecular formula is C15H11F3O2. The largest absolute Gasteiger partial charge is 0.496 e. The lowest BCUT2D eigenvalue weighted by atomic mass is 10.0. The molecule has 0 atom stereocenters. The first-order chi connectivity index (χ1) is 9.45. The van der Waals surface area contributed by atoms with Crippen LogP contribution in [0, 0.1) is 0 Å². The summed E-state index contributed by atoms with van der Waals surface area (Å²) in [5.74, 6) is 0.138. The van der Waals surface area contributed by atoms with Gasteiger partial charge in [-0.3, -0.25) is 4.79 Å². The van der Waals surface area contributed by atoms with Gasteiger partial charge in [-0.05, 0) is 17.7 Å². The Balaban J connectivity index is 2.48. The molecule has 0 unspecified atom stereocenters. The Kier molecular flexibility index (Phi) is 3.79. The Morgan fingerprint density at radius 2 is 1.70 bits per heavy atom. The fourth-order valence-electron chi connectivity index (χ4n) is 1.85. The molecule has 0 saturated carbocycles. The van der Waals surface area contributed by atoms with Gasteiger partial charge in [0.25, 0.3) is 0 Å². The van der Waals surface area contributed by atoms with Gasteiger partial charge in [0.15, 0.2) is 0 Å². The summed E-state index contributed by atoms with van der Waals surface area (Å²) in [4.78, 5) is 10.6. The first kappa shape index (κ1) is 14.1. The number of alkyl halides is 3. The van der Waals surface area contributed by atoms with Gasteiger partial charge in [0.05, 0.1) is 12.7 Å². The average Bonchev–Trinajstić information content (AvgIpc) is 2.45. The molecule has 2 aromatic rings. The number of halogens is 3. The Morgan fingerprint density at radius 3 is 2.20 bits per heavy atom. The molecule has 5 heteroatoms. The normalized spacial score (nSPS) is 11.2. The summed E-state index contributed by atoms with van der Waals surface area (Å²) in [7, 11) is 1.32. The predicted molar refractivity (Wildman–Crippen MR) is 68.8 cm³/mol. The molecule has 0 bridgehead atoms. The molecule has 0 aliphatic carbocycles. The van der Waals surface area contributed by atoms with Crippen molar-refractivity contribution < 1.29 is 22.7 Å². The Bertz CT molecular complexity index is 616. The Morgan fingerprint density at radius 1 is 1.05 bits per heavy atom. The molecule has 0 saturated heterocycles. The second-order valence-electron chi connectivity index (χ2n) is 4.15. The van der Waals surface area contributed by atoms with E-state index in [1.54, 1.807) is 24.3 Å². The van der Waals surface area contributed by atoms with E-state index in [0.29, 0.717) is 23.0 Å². The third kappa shape index (κ3) is 2.82. The maximum absolute atomic E-state index is 12.6. The minimum Gasteiger partial charge on any atom is -0.496 e. The zero-order chi connectivity index (χ0) is 14.8. The van der Waals surface area contributed by atoms with E-state index in [4.69, 9.17) is 4.74 Å². The number of hydrogen-bond acceptors (Lipinski definition) is 2. The summed E-state index contributed by atoms with van der Waals surface area (Å²) in [6.07, 6.45) is -3.71. The molecule has 0 radical (unpaired) electrons. The van der Waals surface area contributed by atoms with Crippen LogP contribution in [0.25, 0.3) is 11.1 Å². The SMILES string of the molecule is COc1cc(C(F)(F)F)ccc1-c1ccc(C=O)cc1. The van der Waals surface area contributed by atoms with E-state index in [0.717, 1.165) is 12.1 Å². The van der Waals surface area contributed by atoms with Gasteiger partial charge in [0.2, 0.25) is 0 Å². The number of hydrogen-bond donors (Lipinski definition) is 0. The summed E-state index contributed by atoms with van der Waals surface area (Å²) in [5, 5.41) is 0. The van der Waals surface area contributed by atoms with Crippen molar-refractivity contribution in [3.63, 3.8) is 0 Å². The fraction of sp³-hybridized carbons (Fsp3) is 0.133. The van der Waals surface area contributed by atoms with Crippen LogP contribution in [0.2, 0.25) is 0 Å². The van der Waals surface area contributed by atoms with Crippen molar-refractivity contribution in [2.45, 2.75) is 6.18 Å². The number of rotatable bonds is 3. The molecule has 0 aliphatic heterocycles. The van der Waals surface area contributed by atoms with E-state index in [1.807, 2.05) is 0 Å². The van der Waals surface area contributed by atoms with Gasteiger partial charge >= 0.3 is 6.18 Å². The van der Waals surface area contributed by atoms with Gasteiger partial charge in [-0.25, -0.2) is 0 Å². The van der Waals surface area contributed by atoms with Crippen molar-refractivity contribution in [2.75, 3.05) is 7.11 Å². The molecule has 0 heterocycles. The van der Waals surface area contributed by atoms with Crippen molar-refractivity contribution in [3.05, 3.63) is 53.6 Å². The third-order valence-electron chi connectivity index (χ3n) is 2.89. The summed E-state index contributed by atoms with van der Waals surface area (Å²) < 4.78 is 43.0. The summed E-state index contributed by atoms with van der Waals surface area (Å²) in [6.45, 7) is 0. The molecule has 0 spiro atoms. The number of ether oxygens (including phenoxy) is 1. The average molecular weight is 280 g/mol. The van der Waals surface area contributed by atoms with Gasteiger partial charge in [-0.2, -0.15) is 13.2 Å². The summed E-state index contributed by atoms with van der Waals surface area (Å²) >= 11 is 0. The lowest BCUT2D eigenvalue weighted by molar-refractivity contribution is -0.137. The lowest BCUT2D eigenvalue weighted by Gasteiger charge is -2.13. The first-order valence-electron chi connectivity index (χ1n) is 5.76. The highest BCUT2D eigenvalue weighted by Crippen LogP contribution is 2.36. The van der Waals surface area contributed by atoms with E-state index >= 15 is 0 Å². The molecule has 0 aliphatic rings. The van der Waals surface area contributed by atoms with Crippen molar-refractivity contribution >= 4 is 6.29 Å². The van der Waals surface area contributed by atoms with Crippen LogP contribution >= 0.6 is 0 Å². The van der Waals surface area contributed by atoms with Crippen LogP contribution in [0.3, 0.4) is 0 Å². The van der Waals surface area contributed by atoms with Crippen molar-refractivity contribution in [1.29, 1.82) is 0 Å². The van der Waals surface area contributed by atoms with Gasteiger partial charge < -0.3 is 4.74 Å². The topological polar surface area (TPSA) is 26.3 Å². The highest BCUT2D eigenvalue weighted by Gasteiger charge is 2.31. The van der Waals surface area contributed by atoms with Crippen LogP contribution in [0.1, 0.15) is 15.9 Å². The maximum atomic E-state index is 12.6. The van der Waals surface area contributed by atoms with Crippen LogP contribution in [-0.4, -0.2) is 13.4 Å². The molecule has 0 N–H and O–H groups in total. The van der Waals surface area contributed by atoms with Crippen LogP contribution < -0.4 is 4.74 Å². The van der Waals surface area contributed by atoms with Crippen molar-refractivity contribution in [1.82, 2.24) is 0 Å². The molecule has 104 valence electrons. The van der Waals surface area contributed by atoms with E-state index in [-0.39, 0.29) is 5.75 Å².